The van der Waals surface area contributed by atoms with Gasteiger partial charge in [0.25, 0.3) is 0 Å². The van der Waals surface area contributed by atoms with Crippen molar-refractivity contribution in [3.63, 3.8) is 0 Å². The average Bonchev–Trinajstić information content (AvgIpc) is 2.41. The first-order chi connectivity index (χ1) is 9.01. The fraction of sp³-hybridized carbons (Fsp3) is 0.462. The van der Waals surface area contributed by atoms with Gasteiger partial charge in [-0.15, -0.1) is 0 Å². The smallest absolute Gasteiger partial charge is 0.340 e. The third kappa shape index (κ3) is 3.89. The van der Waals surface area contributed by atoms with Crippen LogP contribution in [-0.2, 0) is 9.47 Å². The van der Waals surface area contributed by atoms with Crippen molar-refractivity contribution < 1.29 is 23.0 Å². The predicted octanol–water partition coefficient (Wildman–Crippen LogP) is 2.59. The molecule has 0 saturated carbocycles. The van der Waals surface area contributed by atoms with Crippen LogP contribution in [0.2, 0.25) is 0 Å². The molecule has 0 spiro atoms. The van der Waals surface area contributed by atoms with Gasteiger partial charge in [-0.05, 0) is 26.0 Å². The van der Waals surface area contributed by atoms with E-state index in [0.717, 1.165) is 7.11 Å². The number of hydrogen-bond acceptors (Lipinski definition) is 4. The van der Waals surface area contributed by atoms with E-state index >= 15 is 0 Å². The average molecular weight is 273 g/mol. The third-order valence-electron chi connectivity index (χ3n) is 2.46. The highest BCUT2D eigenvalue weighted by molar-refractivity contribution is 5.90. The lowest BCUT2D eigenvalue weighted by atomic mass is 10.1. The van der Waals surface area contributed by atoms with Gasteiger partial charge in [-0.3, -0.25) is 0 Å². The van der Waals surface area contributed by atoms with Crippen molar-refractivity contribution in [2.24, 2.45) is 0 Å². The molecule has 6 heteroatoms. The Morgan fingerprint density at radius 2 is 2.05 bits per heavy atom. The van der Waals surface area contributed by atoms with Crippen molar-refractivity contribution >= 4 is 11.7 Å². The number of benzene rings is 1. The van der Waals surface area contributed by atoms with E-state index in [0.29, 0.717) is 13.2 Å². The molecule has 0 aliphatic heterocycles. The van der Waals surface area contributed by atoms with E-state index in [1.165, 1.54) is 12.1 Å². The molecule has 1 rings (SSSR count). The molecule has 1 aromatic carbocycles. The van der Waals surface area contributed by atoms with Gasteiger partial charge in [0.1, 0.15) is 0 Å². The third-order valence-corrected chi connectivity index (χ3v) is 2.46. The minimum Gasteiger partial charge on any atom is -0.465 e. The number of methoxy groups -OCH3 is 1. The number of hydrogen-bond donors (Lipinski definition) is 1. The normalized spacial score (nSPS) is 12.1. The topological polar surface area (TPSA) is 47.6 Å². The van der Waals surface area contributed by atoms with Gasteiger partial charge in [0.05, 0.1) is 25.0 Å². The molecule has 0 heterocycles. The minimum absolute atomic E-state index is 0.0163. The quantitative estimate of drug-likeness (QED) is 0.809. The maximum absolute atomic E-state index is 13.8. The Morgan fingerprint density at radius 1 is 1.37 bits per heavy atom. The van der Waals surface area contributed by atoms with Crippen LogP contribution in [-0.4, -0.2) is 32.3 Å². The van der Waals surface area contributed by atoms with Crippen molar-refractivity contribution in [1.29, 1.82) is 0 Å². The summed E-state index contributed by atoms with van der Waals surface area (Å²) in [6, 6.07) is 2.30. The molecule has 106 valence electrons. The number of esters is 1. The van der Waals surface area contributed by atoms with Crippen LogP contribution in [0.1, 0.15) is 24.2 Å². The molecule has 0 aromatic heterocycles. The highest BCUT2D eigenvalue weighted by Gasteiger charge is 2.19. The van der Waals surface area contributed by atoms with Crippen LogP contribution in [0.4, 0.5) is 14.5 Å². The van der Waals surface area contributed by atoms with Gasteiger partial charge < -0.3 is 14.8 Å². The van der Waals surface area contributed by atoms with E-state index in [4.69, 9.17) is 4.74 Å². The van der Waals surface area contributed by atoms with Crippen molar-refractivity contribution in [1.82, 2.24) is 0 Å². The number of halogens is 2. The van der Waals surface area contributed by atoms with Gasteiger partial charge in [-0.2, -0.15) is 0 Å². The van der Waals surface area contributed by atoms with Gasteiger partial charge in [-0.1, -0.05) is 0 Å². The fourth-order valence-corrected chi connectivity index (χ4v) is 1.53. The Morgan fingerprint density at radius 3 is 2.63 bits per heavy atom. The summed E-state index contributed by atoms with van der Waals surface area (Å²) < 4.78 is 36.9. The van der Waals surface area contributed by atoms with Crippen LogP contribution in [0.15, 0.2) is 12.1 Å². The van der Waals surface area contributed by atoms with E-state index in [-0.39, 0.29) is 11.7 Å². The lowest BCUT2D eigenvalue weighted by Crippen LogP contribution is -2.23. The minimum atomic E-state index is -1.22. The van der Waals surface area contributed by atoms with Crippen LogP contribution in [0, 0.1) is 11.6 Å². The second-order valence-corrected chi connectivity index (χ2v) is 3.99. The molecule has 19 heavy (non-hydrogen) atoms. The lowest BCUT2D eigenvalue weighted by Gasteiger charge is -2.16. The van der Waals surface area contributed by atoms with Crippen molar-refractivity contribution in [3.8, 4) is 0 Å². The number of carbonyl (C=O) groups excluding carboxylic acids is 1. The Labute approximate surface area is 110 Å². The van der Waals surface area contributed by atoms with Crippen molar-refractivity contribution in [3.05, 3.63) is 29.3 Å². The maximum Gasteiger partial charge on any atom is 0.340 e. The number of carbonyl (C=O) groups is 1. The molecule has 0 aliphatic rings. The zero-order valence-corrected chi connectivity index (χ0v) is 11.1. The predicted molar refractivity (Wildman–Crippen MR) is 67.3 cm³/mol. The maximum atomic E-state index is 13.8. The van der Waals surface area contributed by atoms with Gasteiger partial charge >= 0.3 is 5.97 Å². The highest BCUT2D eigenvalue weighted by Crippen LogP contribution is 2.21. The Balaban J connectivity index is 2.87. The van der Waals surface area contributed by atoms with E-state index in [2.05, 4.69) is 10.1 Å². The van der Waals surface area contributed by atoms with Crippen molar-refractivity contribution in [2.45, 2.75) is 19.9 Å². The summed E-state index contributed by atoms with van der Waals surface area (Å²) in [7, 11) is 1.11. The molecule has 0 radical (unpaired) electrons. The molecule has 0 saturated heterocycles. The van der Waals surface area contributed by atoms with Gasteiger partial charge in [0.2, 0.25) is 0 Å². The number of anilines is 1. The first-order valence-corrected chi connectivity index (χ1v) is 5.91. The molecule has 0 amide bonds. The summed E-state index contributed by atoms with van der Waals surface area (Å²) in [6.07, 6.45) is 0. The molecule has 0 fully saturated rings. The fourth-order valence-electron chi connectivity index (χ4n) is 1.53. The summed E-state index contributed by atoms with van der Waals surface area (Å²) in [5, 5.41) is 2.78. The summed E-state index contributed by atoms with van der Waals surface area (Å²) in [6.45, 7) is 4.54. The summed E-state index contributed by atoms with van der Waals surface area (Å²) >= 11 is 0. The van der Waals surface area contributed by atoms with Crippen LogP contribution >= 0.6 is 0 Å². The SMILES string of the molecule is CCOCC(C)Nc1ccc(C(=O)OC)c(F)c1F. The van der Waals surface area contributed by atoms with Gasteiger partial charge in [-0.25, -0.2) is 13.6 Å². The lowest BCUT2D eigenvalue weighted by molar-refractivity contribution is 0.0594. The standard InChI is InChI=1S/C13H17F2NO3/c1-4-19-7-8(2)16-10-6-5-9(13(17)18-3)11(14)12(10)15/h5-6,8,16H,4,7H2,1-3H3. The molecule has 0 bridgehead atoms. The van der Waals surface area contributed by atoms with Crippen LogP contribution < -0.4 is 5.32 Å². The van der Waals surface area contributed by atoms with Crippen LogP contribution in [0.25, 0.3) is 0 Å². The Hall–Kier alpha value is -1.69. The highest BCUT2D eigenvalue weighted by atomic mass is 19.2. The van der Waals surface area contributed by atoms with E-state index < -0.39 is 23.2 Å². The van der Waals surface area contributed by atoms with Crippen molar-refractivity contribution in [2.75, 3.05) is 25.6 Å². The molecular formula is C13H17F2NO3. The molecule has 4 nitrogen and oxygen atoms in total. The van der Waals surface area contributed by atoms with E-state index in [1.54, 1.807) is 6.92 Å². The molecule has 1 aromatic rings. The molecule has 1 N–H and O–H groups in total. The molecule has 0 aliphatic carbocycles. The zero-order chi connectivity index (χ0) is 14.4. The van der Waals surface area contributed by atoms with Gasteiger partial charge in [0, 0.05) is 12.6 Å². The largest absolute Gasteiger partial charge is 0.465 e. The number of rotatable bonds is 6. The first-order valence-electron chi connectivity index (χ1n) is 5.91. The second-order valence-electron chi connectivity index (χ2n) is 3.99. The van der Waals surface area contributed by atoms with Crippen LogP contribution in [0.3, 0.4) is 0 Å². The first kappa shape index (κ1) is 15.4. The summed E-state index contributed by atoms with van der Waals surface area (Å²) in [5.41, 5.74) is -0.444. The summed E-state index contributed by atoms with van der Waals surface area (Å²) in [4.78, 5) is 11.2. The van der Waals surface area contributed by atoms with Crippen LogP contribution in [0.5, 0.6) is 0 Å². The second kappa shape index (κ2) is 7.04. The summed E-state index contributed by atoms with van der Waals surface area (Å²) in [5.74, 6) is -3.24. The Kier molecular flexibility index (Phi) is 5.69. The Bertz CT molecular complexity index is 452. The number of ether oxygens (including phenoxy) is 2. The van der Waals surface area contributed by atoms with E-state index in [1.807, 2.05) is 6.92 Å². The molecule has 1 atom stereocenters. The zero-order valence-electron chi connectivity index (χ0n) is 11.1. The van der Waals surface area contributed by atoms with Gasteiger partial charge in [0.15, 0.2) is 11.6 Å². The monoisotopic (exact) mass is 273 g/mol. The van der Waals surface area contributed by atoms with E-state index in [9.17, 15) is 13.6 Å². The molecular weight excluding hydrogens is 256 g/mol. The molecule has 1 unspecified atom stereocenters. The number of nitrogens with one attached hydrogen (secondary N) is 1.